The number of hydrogen-bond donors (Lipinski definition) is 2. The molecule has 1 aliphatic rings. The van der Waals surface area contributed by atoms with Gasteiger partial charge in [-0.1, -0.05) is 36.4 Å². The van der Waals surface area contributed by atoms with Gasteiger partial charge in [0.15, 0.2) is 0 Å². The minimum Gasteiger partial charge on any atom is -0.362 e. The highest BCUT2D eigenvalue weighted by atomic mass is 16.2. The van der Waals surface area contributed by atoms with Crippen LogP contribution in [0.25, 0.3) is 10.9 Å². The molecule has 0 saturated carbocycles. The van der Waals surface area contributed by atoms with E-state index in [1.165, 1.54) is 5.56 Å². The third-order valence-electron chi connectivity index (χ3n) is 4.95. The number of rotatable bonds is 3. The number of amides is 2. The maximum atomic E-state index is 12.6. The SMILES string of the molecule is Cc1cc(C(=O)NNC(=O)CN2CCCc3ccccc32)c2ccccc2n1. The number of aryl methyl sites for hydroxylation is 2. The minimum absolute atomic E-state index is 0.202. The van der Waals surface area contributed by atoms with E-state index in [0.717, 1.165) is 41.7 Å². The summed E-state index contributed by atoms with van der Waals surface area (Å²) in [6, 6.07) is 17.3. The molecule has 2 N–H and O–H groups in total. The van der Waals surface area contributed by atoms with Crippen LogP contribution in [-0.2, 0) is 11.2 Å². The molecule has 6 nitrogen and oxygen atoms in total. The van der Waals surface area contributed by atoms with Crippen LogP contribution >= 0.6 is 0 Å². The quantitative estimate of drug-likeness (QED) is 0.692. The van der Waals surface area contributed by atoms with Gasteiger partial charge < -0.3 is 4.90 Å². The molecule has 142 valence electrons. The zero-order valence-corrected chi connectivity index (χ0v) is 15.7. The molecule has 0 atom stereocenters. The maximum Gasteiger partial charge on any atom is 0.270 e. The van der Waals surface area contributed by atoms with Crippen molar-refractivity contribution in [2.75, 3.05) is 18.0 Å². The molecule has 0 bridgehead atoms. The number of carbonyl (C=O) groups is 2. The molecule has 0 unspecified atom stereocenters. The summed E-state index contributed by atoms with van der Waals surface area (Å²) in [6.07, 6.45) is 2.04. The Labute approximate surface area is 163 Å². The van der Waals surface area contributed by atoms with Crippen molar-refractivity contribution in [3.8, 4) is 0 Å². The van der Waals surface area contributed by atoms with Crippen LogP contribution < -0.4 is 15.8 Å². The molecule has 1 aromatic heterocycles. The Hall–Kier alpha value is -3.41. The van der Waals surface area contributed by atoms with Crippen LogP contribution in [0.2, 0.25) is 0 Å². The number of nitrogens with one attached hydrogen (secondary N) is 2. The second-order valence-electron chi connectivity index (χ2n) is 6.98. The first kappa shape index (κ1) is 18.0. The number of nitrogens with zero attached hydrogens (tertiary/aromatic N) is 2. The molecule has 0 saturated heterocycles. The lowest BCUT2D eigenvalue weighted by molar-refractivity contribution is -0.120. The van der Waals surface area contributed by atoms with Gasteiger partial charge in [0.2, 0.25) is 0 Å². The lowest BCUT2D eigenvalue weighted by Crippen LogP contribution is -2.47. The number of para-hydroxylation sites is 2. The summed E-state index contributed by atoms with van der Waals surface area (Å²) < 4.78 is 0. The fraction of sp³-hybridized carbons (Fsp3) is 0.227. The first-order chi connectivity index (χ1) is 13.6. The monoisotopic (exact) mass is 374 g/mol. The number of hydrogen-bond acceptors (Lipinski definition) is 4. The van der Waals surface area contributed by atoms with Gasteiger partial charge in [0.1, 0.15) is 0 Å². The Morgan fingerprint density at radius 1 is 1.07 bits per heavy atom. The van der Waals surface area contributed by atoms with Crippen molar-refractivity contribution in [2.45, 2.75) is 19.8 Å². The number of benzene rings is 2. The van der Waals surface area contributed by atoms with Crippen LogP contribution in [0.5, 0.6) is 0 Å². The van der Waals surface area contributed by atoms with Crippen LogP contribution in [0.3, 0.4) is 0 Å². The van der Waals surface area contributed by atoms with Gasteiger partial charge in [-0.15, -0.1) is 0 Å². The Kier molecular flexibility index (Phi) is 4.93. The van der Waals surface area contributed by atoms with Crippen molar-refractivity contribution in [2.24, 2.45) is 0 Å². The van der Waals surface area contributed by atoms with Crippen LogP contribution in [0.1, 0.15) is 28.0 Å². The second kappa shape index (κ2) is 7.68. The Bertz CT molecular complexity index is 1050. The van der Waals surface area contributed by atoms with Gasteiger partial charge in [-0.3, -0.25) is 25.4 Å². The van der Waals surface area contributed by atoms with Crippen molar-refractivity contribution in [1.82, 2.24) is 15.8 Å². The summed E-state index contributed by atoms with van der Waals surface area (Å²) in [4.78, 5) is 31.5. The molecule has 2 heterocycles. The van der Waals surface area contributed by atoms with Gasteiger partial charge in [-0.25, -0.2) is 0 Å². The van der Waals surface area contributed by atoms with Gasteiger partial charge in [-0.2, -0.15) is 0 Å². The van der Waals surface area contributed by atoms with E-state index >= 15 is 0 Å². The molecule has 3 aromatic rings. The number of fused-ring (bicyclic) bond motifs is 2. The van der Waals surface area contributed by atoms with Gasteiger partial charge in [0, 0.05) is 23.3 Å². The smallest absolute Gasteiger partial charge is 0.270 e. The zero-order valence-electron chi connectivity index (χ0n) is 15.7. The molecular weight excluding hydrogens is 352 g/mol. The Balaban J connectivity index is 1.43. The zero-order chi connectivity index (χ0) is 19.5. The van der Waals surface area contributed by atoms with Gasteiger partial charge in [0.05, 0.1) is 17.6 Å². The molecule has 1 aliphatic heterocycles. The predicted octanol–water partition coefficient (Wildman–Crippen LogP) is 2.76. The fourth-order valence-electron chi connectivity index (χ4n) is 3.68. The summed E-state index contributed by atoms with van der Waals surface area (Å²) in [6.45, 7) is 2.87. The van der Waals surface area contributed by atoms with E-state index in [1.807, 2.05) is 54.3 Å². The minimum atomic E-state index is -0.353. The summed E-state index contributed by atoms with van der Waals surface area (Å²) >= 11 is 0. The molecule has 0 aliphatic carbocycles. The molecule has 0 radical (unpaired) electrons. The van der Waals surface area contributed by atoms with Crippen molar-refractivity contribution in [3.05, 3.63) is 71.4 Å². The van der Waals surface area contributed by atoms with E-state index in [1.54, 1.807) is 6.07 Å². The van der Waals surface area contributed by atoms with E-state index in [2.05, 4.69) is 21.9 Å². The molecule has 2 amide bonds. The number of aromatic nitrogens is 1. The average molecular weight is 374 g/mol. The number of pyridine rings is 1. The van der Waals surface area contributed by atoms with E-state index in [9.17, 15) is 9.59 Å². The molecule has 4 rings (SSSR count). The Morgan fingerprint density at radius 2 is 1.86 bits per heavy atom. The summed E-state index contributed by atoms with van der Waals surface area (Å²) in [7, 11) is 0. The van der Waals surface area contributed by atoms with Crippen molar-refractivity contribution >= 4 is 28.4 Å². The van der Waals surface area contributed by atoms with Crippen LogP contribution in [0, 0.1) is 6.92 Å². The highest BCUT2D eigenvalue weighted by molar-refractivity contribution is 6.06. The summed E-state index contributed by atoms with van der Waals surface area (Å²) in [5.41, 5.74) is 9.42. The normalized spacial score (nSPS) is 13.1. The molecule has 0 fully saturated rings. The second-order valence-corrected chi connectivity index (χ2v) is 6.98. The lowest BCUT2D eigenvalue weighted by atomic mass is 10.0. The van der Waals surface area contributed by atoms with Crippen molar-refractivity contribution in [3.63, 3.8) is 0 Å². The van der Waals surface area contributed by atoms with E-state index < -0.39 is 0 Å². The highest BCUT2D eigenvalue weighted by Crippen LogP contribution is 2.26. The van der Waals surface area contributed by atoms with Gasteiger partial charge in [-0.05, 0) is 43.5 Å². The average Bonchev–Trinajstić information content (AvgIpc) is 2.71. The van der Waals surface area contributed by atoms with Crippen LogP contribution in [0.4, 0.5) is 5.69 Å². The topological polar surface area (TPSA) is 74.3 Å². The number of anilines is 1. The molecule has 0 spiro atoms. The maximum absolute atomic E-state index is 12.6. The lowest BCUT2D eigenvalue weighted by Gasteiger charge is -2.30. The molecule has 2 aromatic carbocycles. The van der Waals surface area contributed by atoms with E-state index in [-0.39, 0.29) is 18.4 Å². The standard InChI is InChI=1S/C22H22N4O2/c1-15-13-18(17-9-3-4-10-19(17)23-15)22(28)25-24-21(27)14-26-12-6-8-16-7-2-5-11-20(16)26/h2-5,7,9-11,13H,6,8,12,14H2,1H3,(H,24,27)(H,25,28). The number of carbonyl (C=O) groups excluding carboxylic acids is 2. The third kappa shape index (κ3) is 3.67. The van der Waals surface area contributed by atoms with Gasteiger partial charge in [0.25, 0.3) is 11.8 Å². The third-order valence-corrected chi connectivity index (χ3v) is 4.95. The van der Waals surface area contributed by atoms with Crippen LogP contribution in [-0.4, -0.2) is 29.9 Å². The largest absolute Gasteiger partial charge is 0.362 e. The summed E-state index contributed by atoms with van der Waals surface area (Å²) in [5.74, 6) is -0.603. The molecular formula is C22H22N4O2. The number of hydrazine groups is 1. The summed E-state index contributed by atoms with van der Waals surface area (Å²) in [5, 5.41) is 0.754. The molecule has 28 heavy (non-hydrogen) atoms. The Morgan fingerprint density at radius 3 is 2.75 bits per heavy atom. The first-order valence-corrected chi connectivity index (χ1v) is 9.40. The molecule has 6 heteroatoms. The van der Waals surface area contributed by atoms with Crippen LogP contribution in [0.15, 0.2) is 54.6 Å². The van der Waals surface area contributed by atoms with E-state index in [0.29, 0.717) is 5.56 Å². The predicted molar refractivity (Wildman–Crippen MR) is 109 cm³/mol. The fourth-order valence-corrected chi connectivity index (χ4v) is 3.68. The van der Waals surface area contributed by atoms with Crippen molar-refractivity contribution < 1.29 is 9.59 Å². The highest BCUT2D eigenvalue weighted by Gasteiger charge is 2.19. The van der Waals surface area contributed by atoms with Crippen molar-refractivity contribution in [1.29, 1.82) is 0 Å². The first-order valence-electron chi connectivity index (χ1n) is 9.40. The van der Waals surface area contributed by atoms with Gasteiger partial charge >= 0.3 is 0 Å². The van der Waals surface area contributed by atoms with E-state index in [4.69, 9.17) is 0 Å².